The van der Waals surface area contributed by atoms with Gasteiger partial charge < -0.3 is 19.5 Å². The number of nitrogens with one attached hydrogen (secondary N) is 1. The van der Waals surface area contributed by atoms with Crippen LogP contribution < -0.4 is 5.32 Å². The Morgan fingerprint density at radius 1 is 1.18 bits per heavy atom. The van der Waals surface area contributed by atoms with Crippen molar-refractivity contribution in [1.29, 1.82) is 0 Å². The fraction of sp³-hybridized carbons (Fsp3) is 0.474. The van der Waals surface area contributed by atoms with Crippen molar-refractivity contribution < 1.29 is 22.7 Å². The maximum atomic E-state index is 12.8. The van der Waals surface area contributed by atoms with Crippen molar-refractivity contribution in [2.75, 3.05) is 25.9 Å². The Morgan fingerprint density at radius 2 is 1.82 bits per heavy atom. The summed E-state index contributed by atoms with van der Waals surface area (Å²) in [6.07, 6.45) is 1.36. The Kier molecular flexibility index (Phi) is 5.76. The highest BCUT2D eigenvalue weighted by molar-refractivity contribution is 7.92. The molecule has 1 aromatic heterocycles. The van der Waals surface area contributed by atoms with E-state index < -0.39 is 21.5 Å². The molecule has 1 aliphatic rings. The van der Waals surface area contributed by atoms with Gasteiger partial charge in [0.1, 0.15) is 12.3 Å². The van der Waals surface area contributed by atoms with E-state index in [0.29, 0.717) is 24.0 Å². The first-order valence-electron chi connectivity index (χ1n) is 9.15. The minimum Gasteiger partial charge on any atom is -0.372 e. The molecule has 1 aliphatic heterocycles. The Balaban J connectivity index is 1.92. The number of amides is 2. The lowest BCUT2D eigenvalue weighted by Crippen LogP contribution is -2.49. The van der Waals surface area contributed by atoms with E-state index in [1.165, 1.54) is 13.2 Å². The Morgan fingerprint density at radius 3 is 2.46 bits per heavy atom. The molecule has 0 bridgehead atoms. The summed E-state index contributed by atoms with van der Waals surface area (Å²) in [5.41, 5.74) is 0.640. The highest BCUT2D eigenvalue weighted by Crippen LogP contribution is 2.26. The quantitative estimate of drug-likeness (QED) is 0.791. The number of sulfone groups is 1. The van der Waals surface area contributed by atoms with Crippen molar-refractivity contribution in [3.05, 3.63) is 30.5 Å². The first-order valence-corrected chi connectivity index (χ1v) is 10.8. The molecule has 28 heavy (non-hydrogen) atoms. The number of carbonyl (C=O) groups is 2. The molecule has 2 amide bonds. The molecule has 0 aliphatic carbocycles. The van der Waals surface area contributed by atoms with Crippen LogP contribution in [0.5, 0.6) is 0 Å². The Labute approximate surface area is 164 Å². The third-order valence-corrected chi connectivity index (χ3v) is 6.40. The molecule has 2 atom stereocenters. The average molecular weight is 407 g/mol. The first-order chi connectivity index (χ1) is 13.2. The predicted octanol–water partition coefficient (Wildman–Crippen LogP) is 0.797. The van der Waals surface area contributed by atoms with Gasteiger partial charge in [0.05, 0.1) is 17.1 Å². The van der Waals surface area contributed by atoms with Crippen molar-refractivity contribution in [2.24, 2.45) is 0 Å². The molecular weight excluding hydrogens is 382 g/mol. The van der Waals surface area contributed by atoms with Gasteiger partial charge in [0, 0.05) is 37.2 Å². The molecule has 1 aromatic carbocycles. The Bertz CT molecular complexity index is 988. The monoisotopic (exact) mass is 407 g/mol. The molecule has 1 N–H and O–H groups in total. The normalized spacial score (nSPS) is 20.3. The fourth-order valence-corrected chi connectivity index (χ4v) is 4.98. The second-order valence-corrected chi connectivity index (χ2v) is 9.08. The molecule has 8 nitrogen and oxygen atoms in total. The number of aromatic nitrogens is 1. The lowest BCUT2D eigenvalue weighted by molar-refractivity contribution is -0.143. The maximum Gasteiger partial charge on any atom is 0.242 e. The van der Waals surface area contributed by atoms with Gasteiger partial charge >= 0.3 is 0 Å². The van der Waals surface area contributed by atoms with Crippen LogP contribution in [-0.4, -0.2) is 67.8 Å². The van der Waals surface area contributed by atoms with Crippen LogP contribution in [0.15, 0.2) is 35.4 Å². The van der Waals surface area contributed by atoms with Crippen molar-refractivity contribution >= 4 is 32.6 Å². The number of para-hydroxylation sites is 1. The van der Waals surface area contributed by atoms with Crippen molar-refractivity contribution in [3.63, 3.8) is 0 Å². The molecule has 0 saturated carbocycles. The van der Waals surface area contributed by atoms with Gasteiger partial charge in [0.2, 0.25) is 11.8 Å². The zero-order valence-electron chi connectivity index (χ0n) is 16.2. The molecule has 152 valence electrons. The van der Waals surface area contributed by atoms with E-state index in [9.17, 15) is 18.0 Å². The number of benzene rings is 1. The van der Waals surface area contributed by atoms with Gasteiger partial charge in [-0.2, -0.15) is 0 Å². The lowest BCUT2D eigenvalue weighted by Gasteiger charge is -2.35. The van der Waals surface area contributed by atoms with E-state index in [4.69, 9.17) is 4.74 Å². The molecule has 0 spiro atoms. The van der Waals surface area contributed by atoms with Gasteiger partial charge in [-0.05, 0) is 19.9 Å². The second kappa shape index (κ2) is 7.92. The third-order valence-electron chi connectivity index (χ3n) is 4.76. The highest BCUT2D eigenvalue weighted by atomic mass is 32.2. The molecule has 0 radical (unpaired) electrons. The van der Waals surface area contributed by atoms with Gasteiger partial charge in [-0.15, -0.1) is 0 Å². The zero-order chi connectivity index (χ0) is 20.5. The summed E-state index contributed by atoms with van der Waals surface area (Å²) in [5, 5.41) is 2.83. The number of fused-ring (bicyclic) bond motifs is 1. The SMILES string of the molecule is CNC(=O)CS(=O)(=O)c1cn(CC(=O)N2C[C@@H](C)O[C@@H](C)C2)c2ccccc12. The molecule has 2 aromatic rings. The minimum absolute atomic E-state index is 0.0233. The molecule has 1 fully saturated rings. The summed E-state index contributed by atoms with van der Waals surface area (Å²) in [5.74, 6) is -1.31. The summed E-state index contributed by atoms with van der Waals surface area (Å²) in [7, 11) is -2.44. The second-order valence-electron chi connectivity index (χ2n) is 7.13. The number of ether oxygens (including phenoxy) is 1. The average Bonchev–Trinajstić information content (AvgIpc) is 3.00. The number of nitrogens with zero attached hydrogens (tertiary/aromatic N) is 2. The van der Waals surface area contributed by atoms with Gasteiger partial charge in [0.25, 0.3) is 0 Å². The van der Waals surface area contributed by atoms with Gasteiger partial charge in [0.15, 0.2) is 9.84 Å². The largest absolute Gasteiger partial charge is 0.372 e. The van der Waals surface area contributed by atoms with Crippen molar-refractivity contribution in [1.82, 2.24) is 14.8 Å². The summed E-state index contributed by atoms with van der Waals surface area (Å²) in [4.78, 5) is 26.2. The van der Waals surface area contributed by atoms with Crippen molar-refractivity contribution in [2.45, 2.75) is 37.5 Å². The molecule has 9 heteroatoms. The van der Waals surface area contributed by atoms with E-state index in [1.54, 1.807) is 33.7 Å². The fourth-order valence-electron chi connectivity index (χ4n) is 3.54. The molecule has 2 heterocycles. The van der Waals surface area contributed by atoms with E-state index in [0.717, 1.165) is 0 Å². The van der Waals surface area contributed by atoms with Crippen LogP contribution in [0.2, 0.25) is 0 Å². The van der Waals surface area contributed by atoms with Gasteiger partial charge in [-0.1, -0.05) is 18.2 Å². The van der Waals surface area contributed by atoms with E-state index in [1.807, 2.05) is 13.8 Å². The summed E-state index contributed by atoms with van der Waals surface area (Å²) in [6, 6.07) is 6.98. The molecule has 3 rings (SSSR count). The number of morpholine rings is 1. The summed E-state index contributed by atoms with van der Waals surface area (Å²) < 4.78 is 32.7. The van der Waals surface area contributed by atoms with Crippen molar-refractivity contribution in [3.8, 4) is 0 Å². The zero-order valence-corrected chi connectivity index (χ0v) is 17.0. The van der Waals surface area contributed by atoms with Crippen LogP contribution in [0, 0.1) is 0 Å². The molecule has 1 saturated heterocycles. The highest BCUT2D eigenvalue weighted by Gasteiger charge is 2.28. The van der Waals surface area contributed by atoms with Crippen LogP contribution in [0.25, 0.3) is 10.9 Å². The summed E-state index contributed by atoms with van der Waals surface area (Å²) >= 11 is 0. The molecular formula is C19H25N3O5S. The number of rotatable bonds is 5. The van der Waals surface area contributed by atoms with E-state index in [-0.39, 0.29) is 29.6 Å². The predicted molar refractivity (Wildman–Crippen MR) is 105 cm³/mol. The Hall–Kier alpha value is -2.39. The standard InChI is InChI=1S/C19H25N3O5S/c1-13-8-22(9-14(2)27-13)19(24)11-21-10-17(15-6-4-5-7-16(15)21)28(25,26)12-18(23)20-3/h4-7,10,13-14H,8-9,11-12H2,1-3H3,(H,20,23)/t13-,14+. The maximum absolute atomic E-state index is 12.8. The van der Waals surface area contributed by atoms with Gasteiger partial charge in [-0.3, -0.25) is 9.59 Å². The van der Waals surface area contributed by atoms with E-state index >= 15 is 0 Å². The number of carbonyl (C=O) groups excluding carboxylic acids is 2. The van der Waals surface area contributed by atoms with Crippen LogP contribution in [-0.2, 0) is 30.7 Å². The van der Waals surface area contributed by atoms with Crippen LogP contribution in [0.1, 0.15) is 13.8 Å². The topological polar surface area (TPSA) is 97.7 Å². The lowest BCUT2D eigenvalue weighted by atomic mass is 10.2. The first kappa shape index (κ1) is 20.3. The molecule has 0 unspecified atom stereocenters. The van der Waals surface area contributed by atoms with Crippen LogP contribution >= 0.6 is 0 Å². The van der Waals surface area contributed by atoms with E-state index in [2.05, 4.69) is 5.32 Å². The van der Waals surface area contributed by atoms with Crippen LogP contribution in [0.3, 0.4) is 0 Å². The minimum atomic E-state index is -3.83. The van der Waals surface area contributed by atoms with Gasteiger partial charge in [-0.25, -0.2) is 8.42 Å². The van der Waals surface area contributed by atoms with Crippen LogP contribution in [0.4, 0.5) is 0 Å². The number of hydrogen-bond acceptors (Lipinski definition) is 5. The smallest absolute Gasteiger partial charge is 0.242 e. The third kappa shape index (κ3) is 4.20. The number of hydrogen-bond donors (Lipinski definition) is 1. The summed E-state index contributed by atoms with van der Waals surface area (Å²) in [6.45, 7) is 4.87.